The molecule has 1 amide bonds. The van der Waals surface area contributed by atoms with Crippen molar-refractivity contribution in [3.63, 3.8) is 0 Å². The molecule has 112 valence electrons. The average molecular weight is 293 g/mol. The van der Waals surface area contributed by atoms with E-state index in [1.54, 1.807) is 0 Å². The lowest BCUT2D eigenvalue weighted by Crippen LogP contribution is -2.27. The van der Waals surface area contributed by atoms with Crippen molar-refractivity contribution in [3.05, 3.63) is 71.0 Å². The van der Waals surface area contributed by atoms with Crippen LogP contribution >= 0.6 is 0 Å². The SMILES string of the molecule is Cc1ccc(C(=O)NC(C)c2cc3ccccc3o2)c(C)c1. The van der Waals surface area contributed by atoms with Crippen molar-refractivity contribution in [2.75, 3.05) is 0 Å². The van der Waals surface area contributed by atoms with Crippen LogP contribution in [-0.4, -0.2) is 5.91 Å². The Hall–Kier alpha value is -2.55. The Kier molecular flexibility index (Phi) is 3.72. The third-order valence-corrected chi connectivity index (χ3v) is 3.85. The highest BCUT2D eigenvalue weighted by atomic mass is 16.3. The van der Waals surface area contributed by atoms with Gasteiger partial charge in [-0.2, -0.15) is 0 Å². The fraction of sp³-hybridized carbons (Fsp3) is 0.211. The van der Waals surface area contributed by atoms with E-state index >= 15 is 0 Å². The molecule has 3 rings (SSSR count). The fourth-order valence-corrected chi connectivity index (χ4v) is 2.63. The molecule has 3 heteroatoms. The second kappa shape index (κ2) is 5.68. The molecule has 3 aromatic rings. The van der Waals surface area contributed by atoms with Crippen molar-refractivity contribution < 1.29 is 9.21 Å². The number of hydrogen-bond donors (Lipinski definition) is 1. The number of nitrogens with one attached hydrogen (secondary N) is 1. The van der Waals surface area contributed by atoms with Gasteiger partial charge in [-0.3, -0.25) is 4.79 Å². The summed E-state index contributed by atoms with van der Waals surface area (Å²) in [5.74, 6) is 0.685. The molecular weight excluding hydrogens is 274 g/mol. The predicted molar refractivity (Wildman–Crippen MR) is 88.0 cm³/mol. The molecular formula is C19H19NO2. The van der Waals surface area contributed by atoms with E-state index in [1.165, 1.54) is 0 Å². The molecule has 0 aliphatic rings. The molecule has 0 aliphatic carbocycles. The number of aryl methyl sites for hydroxylation is 2. The summed E-state index contributed by atoms with van der Waals surface area (Å²) in [7, 11) is 0. The van der Waals surface area contributed by atoms with Crippen LogP contribution in [0.1, 0.15) is 40.2 Å². The summed E-state index contributed by atoms with van der Waals surface area (Å²) in [5, 5.41) is 4.05. The minimum absolute atomic E-state index is 0.0783. The van der Waals surface area contributed by atoms with Gasteiger partial charge in [0.15, 0.2) is 0 Å². The largest absolute Gasteiger partial charge is 0.459 e. The second-order valence-corrected chi connectivity index (χ2v) is 5.70. The van der Waals surface area contributed by atoms with E-state index < -0.39 is 0 Å². The molecule has 22 heavy (non-hydrogen) atoms. The van der Waals surface area contributed by atoms with E-state index in [4.69, 9.17) is 4.42 Å². The minimum Gasteiger partial charge on any atom is -0.459 e. The zero-order chi connectivity index (χ0) is 15.7. The van der Waals surface area contributed by atoms with Crippen molar-refractivity contribution in [3.8, 4) is 0 Å². The molecule has 3 nitrogen and oxygen atoms in total. The summed E-state index contributed by atoms with van der Waals surface area (Å²) in [6.45, 7) is 5.90. The number of para-hydroxylation sites is 1. The van der Waals surface area contributed by atoms with E-state index in [2.05, 4.69) is 5.32 Å². The molecule has 0 saturated heterocycles. The van der Waals surface area contributed by atoms with Crippen molar-refractivity contribution in [2.45, 2.75) is 26.8 Å². The number of benzene rings is 2. The fourth-order valence-electron chi connectivity index (χ4n) is 2.63. The van der Waals surface area contributed by atoms with Gasteiger partial charge in [0.05, 0.1) is 6.04 Å². The first-order valence-corrected chi connectivity index (χ1v) is 7.41. The Morgan fingerprint density at radius 1 is 1.09 bits per heavy atom. The van der Waals surface area contributed by atoms with E-state index in [9.17, 15) is 4.79 Å². The number of carbonyl (C=O) groups excluding carboxylic acids is 1. The molecule has 0 bridgehead atoms. The molecule has 1 unspecified atom stereocenters. The number of hydrogen-bond acceptors (Lipinski definition) is 2. The summed E-state index contributed by atoms with van der Waals surface area (Å²) in [5.41, 5.74) is 3.67. The highest BCUT2D eigenvalue weighted by molar-refractivity contribution is 5.96. The maximum atomic E-state index is 12.4. The summed E-state index contributed by atoms with van der Waals surface area (Å²) >= 11 is 0. The molecule has 1 heterocycles. The van der Waals surface area contributed by atoms with Gasteiger partial charge in [-0.25, -0.2) is 0 Å². The Bertz CT molecular complexity index is 799. The van der Waals surface area contributed by atoms with Gasteiger partial charge in [0.25, 0.3) is 5.91 Å². The first-order chi connectivity index (χ1) is 10.5. The first-order valence-electron chi connectivity index (χ1n) is 7.41. The number of furan rings is 1. The van der Waals surface area contributed by atoms with Crippen LogP contribution in [0.3, 0.4) is 0 Å². The maximum absolute atomic E-state index is 12.4. The van der Waals surface area contributed by atoms with Crippen molar-refractivity contribution >= 4 is 16.9 Å². The van der Waals surface area contributed by atoms with Crippen molar-refractivity contribution in [1.82, 2.24) is 5.32 Å². The lowest BCUT2D eigenvalue weighted by molar-refractivity contribution is 0.0935. The van der Waals surface area contributed by atoms with Crippen LogP contribution in [0.2, 0.25) is 0 Å². The molecule has 0 radical (unpaired) electrons. The molecule has 0 saturated carbocycles. The average Bonchev–Trinajstić information content (AvgIpc) is 2.91. The van der Waals surface area contributed by atoms with Gasteiger partial charge >= 0.3 is 0 Å². The zero-order valence-electron chi connectivity index (χ0n) is 13.0. The highest BCUT2D eigenvalue weighted by Crippen LogP contribution is 2.24. The lowest BCUT2D eigenvalue weighted by atomic mass is 10.0. The number of rotatable bonds is 3. The molecule has 1 N–H and O–H groups in total. The van der Waals surface area contributed by atoms with Gasteiger partial charge in [0, 0.05) is 10.9 Å². The van der Waals surface area contributed by atoms with Crippen molar-refractivity contribution in [2.24, 2.45) is 0 Å². The predicted octanol–water partition coefficient (Wildman–Crippen LogP) is 4.54. The maximum Gasteiger partial charge on any atom is 0.252 e. The van der Waals surface area contributed by atoms with Crippen LogP contribution in [0.5, 0.6) is 0 Å². The van der Waals surface area contributed by atoms with Crippen LogP contribution in [0.4, 0.5) is 0 Å². The normalized spacial score (nSPS) is 12.3. The summed E-state index contributed by atoms with van der Waals surface area (Å²) in [6, 6.07) is 15.5. The van der Waals surface area contributed by atoms with Crippen molar-refractivity contribution in [1.29, 1.82) is 0 Å². The minimum atomic E-state index is -0.180. The Morgan fingerprint density at radius 3 is 2.59 bits per heavy atom. The van der Waals surface area contributed by atoms with Gasteiger partial charge in [0.2, 0.25) is 0 Å². The molecule has 2 aromatic carbocycles. The topological polar surface area (TPSA) is 42.2 Å². The van der Waals surface area contributed by atoms with Gasteiger partial charge in [-0.1, -0.05) is 35.9 Å². The third kappa shape index (κ3) is 2.75. The second-order valence-electron chi connectivity index (χ2n) is 5.70. The zero-order valence-corrected chi connectivity index (χ0v) is 13.0. The third-order valence-electron chi connectivity index (χ3n) is 3.85. The summed E-state index contributed by atoms with van der Waals surface area (Å²) in [6.07, 6.45) is 0. The van der Waals surface area contributed by atoms with E-state index in [0.29, 0.717) is 5.56 Å². The van der Waals surface area contributed by atoms with Gasteiger partial charge in [-0.15, -0.1) is 0 Å². The number of carbonyl (C=O) groups is 1. The smallest absolute Gasteiger partial charge is 0.252 e. The Balaban J connectivity index is 1.81. The summed E-state index contributed by atoms with van der Waals surface area (Å²) < 4.78 is 5.80. The lowest BCUT2D eigenvalue weighted by Gasteiger charge is -2.13. The van der Waals surface area contributed by atoms with Crippen LogP contribution in [0.25, 0.3) is 11.0 Å². The molecule has 0 fully saturated rings. The number of amides is 1. The first kappa shape index (κ1) is 14.4. The summed E-state index contributed by atoms with van der Waals surface area (Å²) in [4.78, 5) is 12.4. The van der Waals surface area contributed by atoms with Gasteiger partial charge < -0.3 is 9.73 Å². The van der Waals surface area contributed by atoms with Crippen LogP contribution < -0.4 is 5.32 Å². The van der Waals surface area contributed by atoms with E-state index in [-0.39, 0.29) is 11.9 Å². The monoisotopic (exact) mass is 293 g/mol. The standard InChI is InChI=1S/C19H19NO2/c1-12-8-9-16(13(2)10-12)19(21)20-14(3)18-11-15-6-4-5-7-17(15)22-18/h4-11,14H,1-3H3,(H,20,21). The Labute approximate surface area is 130 Å². The van der Waals surface area contributed by atoms with Gasteiger partial charge in [0.1, 0.15) is 11.3 Å². The molecule has 0 spiro atoms. The molecule has 0 aliphatic heterocycles. The quantitative estimate of drug-likeness (QED) is 0.770. The van der Waals surface area contributed by atoms with E-state index in [0.717, 1.165) is 27.9 Å². The van der Waals surface area contributed by atoms with Gasteiger partial charge in [-0.05, 0) is 44.5 Å². The Morgan fingerprint density at radius 2 is 1.86 bits per heavy atom. The molecule has 1 atom stereocenters. The highest BCUT2D eigenvalue weighted by Gasteiger charge is 2.16. The van der Waals surface area contributed by atoms with Crippen LogP contribution in [-0.2, 0) is 0 Å². The van der Waals surface area contributed by atoms with Crippen LogP contribution in [0.15, 0.2) is 52.9 Å². The number of fused-ring (bicyclic) bond motifs is 1. The molecule has 1 aromatic heterocycles. The van der Waals surface area contributed by atoms with E-state index in [1.807, 2.05) is 69.3 Å². The van der Waals surface area contributed by atoms with Crippen LogP contribution in [0, 0.1) is 13.8 Å².